The SMILES string of the molecule is C=CCCCCCCCCCOc1ccc2cc(/C=C/c3ccc(OCCCCCC)cc3)ccc2c1. The van der Waals surface area contributed by atoms with Crippen LogP contribution in [0.2, 0.25) is 0 Å². The number of allylic oxidation sites excluding steroid dienone is 1. The van der Waals surface area contributed by atoms with Gasteiger partial charge in [0.05, 0.1) is 13.2 Å². The van der Waals surface area contributed by atoms with E-state index in [1.54, 1.807) is 0 Å². The van der Waals surface area contributed by atoms with E-state index in [0.717, 1.165) is 44.0 Å². The average molecular weight is 499 g/mol. The van der Waals surface area contributed by atoms with Crippen molar-refractivity contribution in [2.45, 2.75) is 84.0 Å². The van der Waals surface area contributed by atoms with Crippen molar-refractivity contribution in [3.63, 3.8) is 0 Å². The van der Waals surface area contributed by atoms with E-state index >= 15 is 0 Å². The molecule has 2 heteroatoms. The Morgan fingerprint density at radius 3 is 1.84 bits per heavy atom. The summed E-state index contributed by atoms with van der Waals surface area (Å²) < 4.78 is 11.9. The highest BCUT2D eigenvalue weighted by Crippen LogP contribution is 2.24. The molecule has 0 saturated heterocycles. The lowest BCUT2D eigenvalue weighted by molar-refractivity contribution is 0.304. The number of unbranched alkanes of at least 4 members (excludes halogenated alkanes) is 10. The Kier molecular flexibility index (Phi) is 13.5. The fraction of sp³-hybridized carbons (Fsp3) is 0.429. The molecular weight excluding hydrogens is 452 g/mol. The molecule has 0 amide bonds. The lowest BCUT2D eigenvalue weighted by atomic mass is 10.1. The zero-order valence-corrected chi connectivity index (χ0v) is 22.9. The first-order chi connectivity index (χ1) is 18.3. The summed E-state index contributed by atoms with van der Waals surface area (Å²) in [5.41, 5.74) is 2.37. The fourth-order valence-electron chi connectivity index (χ4n) is 4.49. The Balaban J connectivity index is 1.39. The molecule has 3 aromatic rings. The van der Waals surface area contributed by atoms with Crippen LogP contribution in [0.1, 0.15) is 95.1 Å². The number of hydrogen-bond donors (Lipinski definition) is 0. The molecule has 0 spiro atoms. The predicted octanol–water partition coefficient (Wildman–Crippen LogP) is 10.7. The van der Waals surface area contributed by atoms with Crippen LogP contribution < -0.4 is 9.47 Å². The van der Waals surface area contributed by atoms with Crippen molar-refractivity contribution in [3.05, 3.63) is 84.4 Å². The molecule has 0 fully saturated rings. The van der Waals surface area contributed by atoms with Gasteiger partial charge >= 0.3 is 0 Å². The Morgan fingerprint density at radius 2 is 1.11 bits per heavy atom. The van der Waals surface area contributed by atoms with Crippen LogP contribution in [0.15, 0.2) is 73.3 Å². The summed E-state index contributed by atoms with van der Waals surface area (Å²) in [6.07, 6.45) is 21.4. The molecule has 0 atom stereocenters. The van der Waals surface area contributed by atoms with Crippen LogP contribution in [0.5, 0.6) is 11.5 Å². The number of fused-ring (bicyclic) bond motifs is 1. The van der Waals surface area contributed by atoms with E-state index in [-0.39, 0.29) is 0 Å². The van der Waals surface area contributed by atoms with Crippen LogP contribution in [0, 0.1) is 0 Å². The lowest BCUT2D eigenvalue weighted by Crippen LogP contribution is -1.97. The maximum atomic E-state index is 6.03. The normalized spacial score (nSPS) is 11.3. The molecule has 198 valence electrons. The first kappa shape index (κ1) is 28.6. The third-order valence-corrected chi connectivity index (χ3v) is 6.77. The Morgan fingerprint density at radius 1 is 0.568 bits per heavy atom. The van der Waals surface area contributed by atoms with E-state index in [0.29, 0.717) is 0 Å². The zero-order valence-electron chi connectivity index (χ0n) is 22.9. The van der Waals surface area contributed by atoms with Gasteiger partial charge in [-0.3, -0.25) is 0 Å². The van der Waals surface area contributed by atoms with Gasteiger partial charge in [-0.25, -0.2) is 0 Å². The Labute approximate surface area is 225 Å². The largest absolute Gasteiger partial charge is 0.494 e. The van der Waals surface area contributed by atoms with E-state index in [1.807, 2.05) is 6.08 Å². The number of ether oxygens (including phenoxy) is 2. The van der Waals surface area contributed by atoms with Gasteiger partial charge in [0, 0.05) is 0 Å². The van der Waals surface area contributed by atoms with Gasteiger partial charge in [0.25, 0.3) is 0 Å². The predicted molar refractivity (Wildman–Crippen MR) is 162 cm³/mol. The first-order valence-electron chi connectivity index (χ1n) is 14.5. The molecule has 37 heavy (non-hydrogen) atoms. The molecule has 0 aliphatic heterocycles. The molecule has 0 aliphatic carbocycles. The second-order valence-electron chi connectivity index (χ2n) is 9.98. The van der Waals surface area contributed by atoms with Crippen molar-refractivity contribution in [1.82, 2.24) is 0 Å². The summed E-state index contributed by atoms with van der Waals surface area (Å²) in [5, 5.41) is 2.45. The summed E-state index contributed by atoms with van der Waals surface area (Å²) in [6.45, 7) is 7.62. The first-order valence-corrected chi connectivity index (χ1v) is 14.5. The third-order valence-electron chi connectivity index (χ3n) is 6.77. The summed E-state index contributed by atoms with van der Waals surface area (Å²) >= 11 is 0. The van der Waals surface area contributed by atoms with Crippen molar-refractivity contribution in [3.8, 4) is 11.5 Å². The quantitative estimate of drug-likeness (QED) is 0.0929. The highest BCUT2D eigenvalue weighted by molar-refractivity contribution is 5.87. The summed E-state index contributed by atoms with van der Waals surface area (Å²) in [7, 11) is 0. The van der Waals surface area contributed by atoms with Gasteiger partial charge in [-0.1, -0.05) is 107 Å². The van der Waals surface area contributed by atoms with Crippen molar-refractivity contribution in [1.29, 1.82) is 0 Å². The molecule has 0 unspecified atom stereocenters. The van der Waals surface area contributed by atoms with E-state index < -0.39 is 0 Å². The van der Waals surface area contributed by atoms with Crippen LogP contribution in [0.25, 0.3) is 22.9 Å². The monoisotopic (exact) mass is 498 g/mol. The summed E-state index contributed by atoms with van der Waals surface area (Å²) in [6, 6.07) is 21.4. The van der Waals surface area contributed by atoms with Crippen molar-refractivity contribution in [2.75, 3.05) is 13.2 Å². The molecule has 0 radical (unpaired) electrons. The lowest BCUT2D eigenvalue weighted by Gasteiger charge is -2.08. The van der Waals surface area contributed by atoms with E-state index in [4.69, 9.17) is 9.47 Å². The van der Waals surface area contributed by atoms with Gasteiger partial charge < -0.3 is 9.47 Å². The number of hydrogen-bond acceptors (Lipinski definition) is 2. The van der Waals surface area contributed by atoms with Gasteiger partial charge in [0.1, 0.15) is 11.5 Å². The topological polar surface area (TPSA) is 18.5 Å². The highest BCUT2D eigenvalue weighted by atomic mass is 16.5. The van der Waals surface area contributed by atoms with Crippen LogP contribution in [-0.2, 0) is 0 Å². The maximum absolute atomic E-state index is 6.03. The Bertz CT molecular complexity index is 1060. The van der Waals surface area contributed by atoms with Crippen LogP contribution in [-0.4, -0.2) is 13.2 Å². The molecule has 0 heterocycles. The molecule has 2 nitrogen and oxygen atoms in total. The molecule has 0 N–H and O–H groups in total. The van der Waals surface area contributed by atoms with E-state index in [9.17, 15) is 0 Å². The van der Waals surface area contributed by atoms with Gasteiger partial charge in [-0.2, -0.15) is 0 Å². The molecular formula is C35H46O2. The standard InChI is InChI=1S/C35H46O2/c1-3-5-7-9-10-11-12-13-15-27-37-35-25-22-32-28-31(18-21-33(32)29-35)17-16-30-19-23-34(24-20-30)36-26-14-8-6-4-2/h3,16-25,28-29H,1,4-15,26-27H2,2H3/b17-16+. The minimum Gasteiger partial charge on any atom is -0.494 e. The average Bonchev–Trinajstić information content (AvgIpc) is 2.93. The number of benzene rings is 3. The van der Waals surface area contributed by atoms with Crippen LogP contribution in [0.3, 0.4) is 0 Å². The molecule has 0 aliphatic rings. The molecule has 3 rings (SSSR count). The van der Waals surface area contributed by atoms with Crippen LogP contribution >= 0.6 is 0 Å². The summed E-state index contributed by atoms with van der Waals surface area (Å²) in [5.74, 6) is 1.92. The fourth-order valence-corrected chi connectivity index (χ4v) is 4.49. The second kappa shape index (κ2) is 17.5. The van der Waals surface area contributed by atoms with Gasteiger partial charge in [0.2, 0.25) is 0 Å². The molecule has 0 bridgehead atoms. The van der Waals surface area contributed by atoms with Gasteiger partial charge in [-0.15, -0.1) is 6.58 Å². The van der Waals surface area contributed by atoms with Crippen molar-refractivity contribution >= 4 is 22.9 Å². The van der Waals surface area contributed by atoms with Gasteiger partial charge in [-0.05, 0) is 77.9 Å². The smallest absolute Gasteiger partial charge is 0.119 e. The van der Waals surface area contributed by atoms with Crippen molar-refractivity contribution in [2.24, 2.45) is 0 Å². The Hall–Kier alpha value is -3.00. The van der Waals surface area contributed by atoms with E-state index in [2.05, 4.69) is 86.3 Å². The number of rotatable bonds is 19. The van der Waals surface area contributed by atoms with Crippen LogP contribution in [0.4, 0.5) is 0 Å². The third kappa shape index (κ3) is 11.3. The minimum atomic E-state index is 0.797. The second-order valence-corrected chi connectivity index (χ2v) is 9.98. The summed E-state index contributed by atoms with van der Waals surface area (Å²) in [4.78, 5) is 0. The maximum Gasteiger partial charge on any atom is 0.119 e. The van der Waals surface area contributed by atoms with E-state index in [1.165, 1.54) is 79.7 Å². The zero-order chi connectivity index (χ0) is 26.0. The minimum absolute atomic E-state index is 0.797. The molecule has 0 aromatic heterocycles. The highest BCUT2D eigenvalue weighted by Gasteiger charge is 2.00. The molecule has 3 aromatic carbocycles. The molecule has 0 saturated carbocycles. The van der Waals surface area contributed by atoms with Gasteiger partial charge in [0.15, 0.2) is 0 Å². The van der Waals surface area contributed by atoms with Crippen molar-refractivity contribution < 1.29 is 9.47 Å².